The Hall–Kier alpha value is -1.81. The number of ether oxygens (including phenoxy) is 1. The van der Waals surface area contributed by atoms with E-state index >= 15 is 0 Å². The van der Waals surface area contributed by atoms with Crippen LogP contribution >= 0.6 is 0 Å². The number of nitrogens with one attached hydrogen (secondary N) is 1. The van der Waals surface area contributed by atoms with Crippen molar-refractivity contribution in [3.8, 4) is 0 Å². The molecule has 1 aromatic rings. The summed E-state index contributed by atoms with van der Waals surface area (Å²) in [5.74, 6) is 0. The summed E-state index contributed by atoms with van der Waals surface area (Å²) in [5, 5.41) is 12.0. The van der Waals surface area contributed by atoms with E-state index < -0.39 is 6.09 Å². The lowest BCUT2D eigenvalue weighted by molar-refractivity contribution is 0.134. The van der Waals surface area contributed by atoms with Crippen LogP contribution in [0.4, 0.5) is 4.79 Å². The van der Waals surface area contributed by atoms with Gasteiger partial charge >= 0.3 is 6.09 Å². The van der Waals surface area contributed by atoms with Gasteiger partial charge in [0.25, 0.3) is 0 Å². The Morgan fingerprint density at radius 3 is 2.72 bits per heavy atom. The van der Waals surface area contributed by atoms with Gasteiger partial charge in [-0.2, -0.15) is 0 Å². The van der Waals surface area contributed by atoms with E-state index in [0.717, 1.165) is 12.0 Å². The van der Waals surface area contributed by atoms with Crippen molar-refractivity contribution in [3.05, 3.63) is 48.0 Å². The van der Waals surface area contributed by atoms with Crippen molar-refractivity contribution in [2.75, 3.05) is 0 Å². The molecule has 0 saturated carbocycles. The molecule has 96 valence electrons. The van der Waals surface area contributed by atoms with Crippen molar-refractivity contribution < 1.29 is 14.6 Å². The lowest BCUT2D eigenvalue weighted by Gasteiger charge is -2.20. The summed E-state index contributed by atoms with van der Waals surface area (Å²) >= 11 is 0. The Bertz CT molecular complexity index is 416. The molecule has 0 fully saturated rings. The molecule has 0 aliphatic heterocycles. The number of hydrogen-bond donors (Lipinski definition) is 2. The predicted octanol–water partition coefficient (Wildman–Crippen LogP) is 1.99. The molecular formula is C14H17NO3. The van der Waals surface area contributed by atoms with E-state index in [4.69, 9.17) is 4.74 Å². The van der Waals surface area contributed by atoms with E-state index in [-0.39, 0.29) is 18.8 Å². The van der Waals surface area contributed by atoms with Crippen LogP contribution in [0.3, 0.4) is 0 Å². The Morgan fingerprint density at radius 1 is 1.28 bits per heavy atom. The Balaban J connectivity index is 1.74. The monoisotopic (exact) mass is 247 g/mol. The summed E-state index contributed by atoms with van der Waals surface area (Å²) in [4.78, 5) is 11.5. The van der Waals surface area contributed by atoms with E-state index in [1.165, 1.54) is 0 Å². The smallest absolute Gasteiger partial charge is 0.407 e. The first-order chi connectivity index (χ1) is 8.74. The Labute approximate surface area is 106 Å². The zero-order valence-corrected chi connectivity index (χ0v) is 10.1. The maximum absolute atomic E-state index is 11.5. The third-order valence-corrected chi connectivity index (χ3v) is 2.86. The second kappa shape index (κ2) is 6.21. The van der Waals surface area contributed by atoms with E-state index in [2.05, 4.69) is 5.32 Å². The molecule has 1 amide bonds. The highest BCUT2D eigenvalue weighted by atomic mass is 16.5. The molecule has 0 saturated heterocycles. The van der Waals surface area contributed by atoms with Crippen LogP contribution in [0.1, 0.15) is 18.4 Å². The quantitative estimate of drug-likeness (QED) is 0.803. The highest BCUT2D eigenvalue weighted by Gasteiger charge is 2.16. The number of carbonyl (C=O) groups excluding carboxylic acids is 1. The molecule has 18 heavy (non-hydrogen) atoms. The Morgan fingerprint density at radius 2 is 2.06 bits per heavy atom. The summed E-state index contributed by atoms with van der Waals surface area (Å²) < 4.78 is 5.11. The van der Waals surface area contributed by atoms with Crippen LogP contribution in [0, 0.1) is 0 Å². The van der Waals surface area contributed by atoms with Crippen molar-refractivity contribution in [3.63, 3.8) is 0 Å². The average molecular weight is 247 g/mol. The topological polar surface area (TPSA) is 58.6 Å². The number of rotatable bonds is 3. The van der Waals surface area contributed by atoms with Gasteiger partial charge in [-0.05, 0) is 18.4 Å². The molecule has 0 bridgehead atoms. The van der Waals surface area contributed by atoms with Crippen LogP contribution in [0.25, 0.3) is 0 Å². The van der Waals surface area contributed by atoms with Gasteiger partial charge in [0, 0.05) is 0 Å². The average Bonchev–Trinajstić information content (AvgIpc) is 2.40. The van der Waals surface area contributed by atoms with Crippen molar-refractivity contribution in [1.82, 2.24) is 5.32 Å². The van der Waals surface area contributed by atoms with E-state index in [1.807, 2.05) is 30.3 Å². The molecule has 1 aliphatic rings. The van der Waals surface area contributed by atoms with Gasteiger partial charge < -0.3 is 15.2 Å². The van der Waals surface area contributed by atoms with Gasteiger partial charge in [0.2, 0.25) is 0 Å². The van der Waals surface area contributed by atoms with Gasteiger partial charge in [0.15, 0.2) is 0 Å². The largest absolute Gasteiger partial charge is 0.445 e. The molecule has 4 heteroatoms. The summed E-state index contributed by atoms with van der Waals surface area (Å²) in [7, 11) is 0. The normalized spacial score (nSPS) is 22.5. The third kappa shape index (κ3) is 3.89. The maximum atomic E-state index is 11.5. The summed E-state index contributed by atoms with van der Waals surface area (Å²) in [6.07, 6.45) is 4.09. The number of hydrogen-bond acceptors (Lipinski definition) is 3. The fourth-order valence-electron chi connectivity index (χ4n) is 1.84. The molecule has 2 unspecified atom stereocenters. The predicted molar refractivity (Wildman–Crippen MR) is 67.9 cm³/mol. The maximum Gasteiger partial charge on any atom is 0.407 e. The van der Waals surface area contributed by atoms with Crippen molar-refractivity contribution >= 4 is 6.09 Å². The zero-order valence-electron chi connectivity index (χ0n) is 10.1. The van der Waals surface area contributed by atoms with Gasteiger partial charge in [0.1, 0.15) is 6.61 Å². The molecular weight excluding hydrogens is 230 g/mol. The fraction of sp³-hybridized carbons (Fsp3) is 0.357. The Kier molecular flexibility index (Phi) is 4.36. The molecule has 4 nitrogen and oxygen atoms in total. The van der Waals surface area contributed by atoms with Gasteiger partial charge in [-0.1, -0.05) is 42.5 Å². The molecule has 0 heterocycles. The minimum absolute atomic E-state index is 0.0447. The van der Waals surface area contributed by atoms with Crippen molar-refractivity contribution in [2.24, 2.45) is 0 Å². The van der Waals surface area contributed by atoms with E-state index in [1.54, 1.807) is 12.2 Å². The van der Waals surface area contributed by atoms with Crippen LogP contribution in [0.15, 0.2) is 42.5 Å². The zero-order chi connectivity index (χ0) is 12.8. The van der Waals surface area contributed by atoms with Gasteiger partial charge in [0.05, 0.1) is 12.1 Å². The van der Waals surface area contributed by atoms with Gasteiger partial charge in [-0.15, -0.1) is 0 Å². The molecule has 0 spiro atoms. The van der Waals surface area contributed by atoms with Crippen LogP contribution in [0.5, 0.6) is 0 Å². The first-order valence-electron chi connectivity index (χ1n) is 6.07. The number of amides is 1. The summed E-state index contributed by atoms with van der Waals surface area (Å²) in [5.41, 5.74) is 0.960. The van der Waals surface area contributed by atoms with Crippen molar-refractivity contribution in [2.45, 2.75) is 31.6 Å². The number of carbonyl (C=O) groups is 1. The van der Waals surface area contributed by atoms with Crippen LogP contribution < -0.4 is 5.32 Å². The molecule has 2 rings (SSSR count). The first-order valence-corrected chi connectivity index (χ1v) is 6.07. The van der Waals surface area contributed by atoms with Gasteiger partial charge in [-0.3, -0.25) is 0 Å². The molecule has 1 aliphatic carbocycles. The van der Waals surface area contributed by atoms with Crippen LogP contribution in [-0.4, -0.2) is 23.3 Å². The standard InChI is InChI=1S/C14H17NO3/c16-13-8-6-12(7-9-13)15-14(17)18-10-11-4-2-1-3-5-11/h1-6,8,12-13,16H,7,9-10H2,(H,15,17). The number of benzene rings is 1. The lowest BCUT2D eigenvalue weighted by atomic mass is 10.0. The summed E-state index contributed by atoms with van der Waals surface area (Å²) in [6.45, 7) is 0.270. The molecule has 0 radical (unpaired) electrons. The van der Waals surface area contributed by atoms with Crippen LogP contribution in [-0.2, 0) is 11.3 Å². The molecule has 0 aromatic heterocycles. The highest BCUT2D eigenvalue weighted by molar-refractivity contribution is 5.68. The SMILES string of the molecule is O=C(NC1C=CC(O)CC1)OCc1ccccc1. The second-order valence-corrected chi connectivity index (χ2v) is 4.34. The van der Waals surface area contributed by atoms with Crippen molar-refractivity contribution in [1.29, 1.82) is 0 Å². The molecule has 2 atom stereocenters. The van der Waals surface area contributed by atoms with E-state index in [0.29, 0.717) is 6.42 Å². The lowest BCUT2D eigenvalue weighted by Crippen LogP contribution is -2.36. The highest BCUT2D eigenvalue weighted by Crippen LogP contribution is 2.11. The van der Waals surface area contributed by atoms with Crippen LogP contribution in [0.2, 0.25) is 0 Å². The fourth-order valence-corrected chi connectivity index (χ4v) is 1.84. The molecule has 1 aromatic carbocycles. The van der Waals surface area contributed by atoms with E-state index in [9.17, 15) is 9.90 Å². The number of aliphatic hydroxyl groups excluding tert-OH is 1. The van der Waals surface area contributed by atoms with Gasteiger partial charge in [-0.25, -0.2) is 4.79 Å². The summed E-state index contributed by atoms with van der Waals surface area (Å²) in [6, 6.07) is 9.50. The second-order valence-electron chi connectivity index (χ2n) is 4.34. The first kappa shape index (κ1) is 12.6. The third-order valence-electron chi connectivity index (χ3n) is 2.86. The minimum atomic E-state index is -0.426. The number of aliphatic hydroxyl groups is 1. The minimum Gasteiger partial charge on any atom is -0.445 e. The number of alkyl carbamates (subject to hydrolysis) is 1. The molecule has 2 N–H and O–H groups in total.